The van der Waals surface area contributed by atoms with Crippen LogP contribution in [0.5, 0.6) is 0 Å². The Morgan fingerprint density at radius 1 is 1.08 bits per heavy atom. The highest BCUT2D eigenvalue weighted by molar-refractivity contribution is 5.58. The number of aromatic nitrogens is 2. The highest BCUT2D eigenvalue weighted by atomic mass is 16.1. The quantitative estimate of drug-likeness (QED) is 0.752. The molecule has 0 atom stereocenters. The number of unbranched alkanes of at least 4 members (excludes halogenated alkanes) is 2. The van der Waals surface area contributed by atoms with E-state index in [4.69, 9.17) is 4.98 Å². The van der Waals surface area contributed by atoms with Crippen molar-refractivity contribution >= 4 is 11.6 Å². The van der Waals surface area contributed by atoms with E-state index in [0.29, 0.717) is 6.67 Å². The summed E-state index contributed by atoms with van der Waals surface area (Å²) in [5.74, 6) is 0.762. The van der Waals surface area contributed by atoms with Crippen molar-refractivity contribution in [1.82, 2.24) is 14.5 Å². The van der Waals surface area contributed by atoms with Gasteiger partial charge in [0.1, 0.15) is 0 Å². The maximum atomic E-state index is 13.0. The van der Waals surface area contributed by atoms with Gasteiger partial charge in [-0.05, 0) is 31.9 Å². The number of anilines is 2. The number of fused-ring (bicyclic) bond motifs is 1. The van der Waals surface area contributed by atoms with Crippen molar-refractivity contribution in [3.8, 4) is 0 Å². The summed E-state index contributed by atoms with van der Waals surface area (Å²) < 4.78 is 1.84. The molecular formula is C20H28N4O. The Labute approximate surface area is 149 Å². The van der Waals surface area contributed by atoms with Crippen molar-refractivity contribution in [2.75, 3.05) is 18.1 Å². The molecule has 2 heterocycles. The predicted octanol–water partition coefficient (Wildman–Crippen LogP) is 3.67. The third-order valence-electron chi connectivity index (χ3n) is 4.87. The minimum Gasteiger partial charge on any atom is -0.298 e. The lowest BCUT2D eigenvalue weighted by Gasteiger charge is -2.38. The van der Waals surface area contributed by atoms with E-state index in [1.54, 1.807) is 0 Å². The van der Waals surface area contributed by atoms with Gasteiger partial charge in [-0.2, -0.15) is 0 Å². The molecule has 1 aromatic carbocycles. The zero-order valence-corrected chi connectivity index (χ0v) is 15.5. The molecule has 0 saturated carbocycles. The summed E-state index contributed by atoms with van der Waals surface area (Å²) in [7, 11) is 0. The van der Waals surface area contributed by atoms with Crippen LogP contribution in [0.25, 0.3) is 0 Å². The van der Waals surface area contributed by atoms with E-state index in [2.05, 4.69) is 28.9 Å². The second-order valence-electron chi connectivity index (χ2n) is 6.71. The number of hydrogen-bond donors (Lipinski definition) is 0. The Hall–Kier alpha value is -2.14. The molecule has 25 heavy (non-hydrogen) atoms. The van der Waals surface area contributed by atoms with E-state index in [1.807, 2.05) is 36.6 Å². The lowest BCUT2D eigenvalue weighted by atomic mass is 10.2. The third kappa shape index (κ3) is 3.61. The Balaban J connectivity index is 2.03. The standard InChI is InChI=1S/C20H28N4O/c1-4-6-10-13-22-14-23(17-11-8-7-9-12-17)20-21-16(3)18(5-2)19(25)24(20)15-22/h7-9,11-12H,4-6,10,13-15H2,1-3H3. The van der Waals surface area contributed by atoms with Gasteiger partial charge in [-0.15, -0.1) is 0 Å². The summed E-state index contributed by atoms with van der Waals surface area (Å²) in [5.41, 5.74) is 2.85. The van der Waals surface area contributed by atoms with Gasteiger partial charge < -0.3 is 0 Å². The molecule has 0 unspecified atom stereocenters. The van der Waals surface area contributed by atoms with Crippen molar-refractivity contribution in [3.05, 3.63) is 51.9 Å². The van der Waals surface area contributed by atoms with E-state index in [9.17, 15) is 4.79 Å². The van der Waals surface area contributed by atoms with Gasteiger partial charge in [-0.25, -0.2) is 4.98 Å². The number of aryl methyl sites for hydroxylation is 1. The normalized spacial score (nSPS) is 14.6. The van der Waals surface area contributed by atoms with Crippen LogP contribution in [0.3, 0.4) is 0 Å². The van der Waals surface area contributed by atoms with Crippen LogP contribution < -0.4 is 10.5 Å². The molecule has 1 aromatic heterocycles. The van der Waals surface area contributed by atoms with Crippen LogP contribution in [0.4, 0.5) is 11.6 Å². The summed E-state index contributed by atoms with van der Waals surface area (Å²) in [6.07, 6.45) is 4.30. The fourth-order valence-corrected chi connectivity index (χ4v) is 3.47. The minimum absolute atomic E-state index is 0.103. The van der Waals surface area contributed by atoms with Gasteiger partial charge in [0.2, 0.25) is 5.95 Å². The van der Waals surface area contributed by atoms with Crippen LogP contribution in [0.15, 0.2) is 35.1 Å². The first-order valence-electron chi connectivity index (χ1n) is 9.31. The fraction of sp³-hybridized carbons (Fsp3) is 0.500. The molecule has 1 aliphatic rings. The number of nitrogens with zero attached hydrogens (tertiary/aromatic N) is 4. The molecule has 5 heteroatoms. The first-order chi connectivity index (χ1) is 12.2. The van der Waals surface area contributed by atoms with Crippen LogP contribution in [-0.4, -0.2) is 27.7 Å². The van der Waals surface area contributed by atoms with E-state index in [-0.39, 0.29) is 5.56 Å². The van der Waals surface area contributed by atoms with Gasteiger partial charge in [0, 0.05) is 23.5 Å². The zero-order chi connectivity index (χ0) is 17.8. The summed E-state index contributed by atoms with van der Waals surface area (Å²) in [5, 5.41) is 0. The summed E-state index contributed by atoms with van der Waals surface area (Å²) in [6.45, 7) is 8.57. The van der Waals surface area contributed by atoms with Crippen LogP contribution in [0.2, 0.25) is 0 Å². The largest absolute Gasteiger partial charge is 0.298 e. The Kier molecular flexibility index (Phi) is 5.53. The number of para-hydroxylation sites is 1. The minimum atomic E-state index is 0.103. The van der Waals surface area contributed by atoms with Crippen molar-refractivity contribution in [2.24, 2.45) is 0 Å². The smallest absolute Gasteiger partial charge is 0.259 e. The van der Waals surface area contributed by atoms with Crippen molar-refractivity contribution in [2.45, 2.75) is 53.1 Å². The Morgan fingerprint density at radius 2 is 1.84 bits per heavy atom. The second-order valence-corrected chi connectivity index (χ2v) is 6.71. The lowest BCUT2D eigenvalue weighted by molar-refractivity contribution is 0.194. The topological polar surface area (TPSA) is 41.4 Å². The van der Waals surface area contributed by atoms with Crippen LogP contribution in [0.1, 0.15) is 44.4 Å². The highest BCUT2D eigenvalue weighted by Gasteiger charge is 2.27. The molecule has 0 amide bonds. The van der Waals surface area contributed by atoms with Gasteiger partial charge in [-0.1, -0.05) is 44.9 Å². The van der Waals surface area contributed by atoms with Gasteiger partial charge in [0.25, 0.3) is 5.56 Å². The van der Waals surface area contributed by atoms with Gasteiger partial charge in [0.05, 0.1) is 13.3 Å². The van der Waals surface area contributed by atoms with E-state index in [1.165, 1.54) is 12.8 Å². The summed E-state index contributed by atoms with van der Waals surface area (Å²) in [6, 6.07) is 10.2. The molecule has 3 rings (SSSR count). The van der Waals surface area contributed by atoms with Crippen LogP contribution >= 0.6 is 0 Å². The van der Waals surface area contributed by atoms with E-state index in [0.717, 1.165) is 48.9 Å². The molecule has 0 saturated heterocycles. The predicted molar refractivity (Wildman–Crippen MR) is 102 cm³/mol. The fourth-order valence-electron chi connectivity index (χ4n) is 3.47. The van der Waals surface area contributed by atoms with Gasteiger partial charge >= 0.3 is 0 Å². The number of hydrogen-bond acceptors (Lipinski definition) is 4. The maximum Gasteiger partial charge on any atom is 0.259 e. The van der Waals surface area contributed by atoms with Crippen LogP contribution in [0, 0.1) is 6.92 Å². The second kappa shape index (κ2) is 7.83. The molecule has 1 aliphatic heterocycles. The summed E-state index contributed by atoms with van der Waals surface area (Å²) in [4.78, 5) is 22.3. The lowest BCUT2D eigenvalue weighted by Crippen LogP contribution is -2.48. The van der Waals surface area contributed by atoms with Crippen molar-refractivity contribution in [1.29, 1.82) is 0 Å². The van der Waals surface area contributed by atoms with Crippen molar-refractivity contribution in [3.63, 3.8) is 0 Å². The van der Waals surface area contributed by atoms with Gasteiger partial charge in [0.15, 0.2) is 0 Å². The maximum absolute atomic E-state index is 13.0. The first-order valence-corrected chi connectivity index (χ1v) is 9.31. The van der Waals surface area contributed by atoms with Crippen molar-refractivity contribution < 1.29 is 0 Å². The molecule has 5 nitrogen and oxygen atoms in total. The monoisotopic (exact) mass is 340 g/mol. The molecule has 0 N–H and O–H groups in total. The summed E-state index contributed by atoms with van der Waals surface area (Å²) >= 11 is 0. The third-order valence-corrected chi connectivity index (χ3v) is 4.87. The average Bonchev–Trinajstić information content (AvgIpc) is 2.63. The highest BCUT2D eigenvalue weighted by Crippen LogP contribution is 2.27. The molecule has 0 aliphatic carbocycles. The SMILES string of the molecule is CCCCCN1CN(c2ccccc2)c2nc(C)c(CC)c(=O)n2C1. The van der Waals surface area contributed by atoms with E-state index >= 15 is 0 Å². The molecule has 0 bridgehead atoms. The average molecular weight is 340 g/mol. The van der Waals surface area contributed by atoms with Crippen LogP contribution in [-0.2, 0) is 13.1 Å². The molecule has 134 valence electrons. The molecule has 0 fully saturated rings. The molecule has 0 radical (unpaired) electrons. The number of rotatable bonds is 6. The molecule has 2 aromatic rings. The van der Waals surface area contributed by atoms with Gasteiger partial charge in [-0.3, -0.25) is 19.2 Å². The first kappa shape index (κ1) is 17.7. The molecular weight excluding hydrogens is 312 g/mol. The number of benzene rings is 1. The van der Waals surface area contributed by atoms with E-state index < -0.39 is 0 Å². The Bertz CT molecular complexity index is 769. The zero-order valence-electron chi connectivity index (χ0n) is 15.5. The Morgan fingerprint density at radius 3 is 2.52 bits per heavy atom. The molecule has 0 spiro atoms.